The number of hydrogen-bond acceptors (Lipinski definition) is 4. The van der Waals surface area contributed by atoms with Gasteiger partial charge in [-0.2, -0.15) is 0 Å². The molecule has 3 heterocycles. The van der Waals surface area contributed by atoms with Crippen molar-refractivity contribution in [1.82, 2.24) is 9.80 Å². The molecule has 1 aromatic carbocycles. The Balaban J connectivity index is 1.42. The molecule has 0 saturated carbocycles. The van der Waals surface area contributed by atoms with Gasteiger partial charge in [-0.05, 0) is 82.1 Å². The third kappa shape index (κ3) is 4.02. The highest BCUT2D eigenvalue weighted by molar-refractivity contribution is 5.69. The smallest absolute Gasteiger partial charge is 0.410 e. The fraction of sp³-hybridized carbons (Fsp3) is 0.696. The van der Waals surface area contributed by atoms with Crippen molar-refractivity contribution in [2.45, 2.75) is 82.5 Å². The zero-order chi connectivity index (χ0) is 20.6. The first-order valence-electron chi connectivity index (χ1n) is 11.1. The summed E-state index contributed by atoms with van der Waals surface area (Å²) in [6, 6.07) is 5.69. The summed E-state index contributed by atoms with van der Waals surface area (Å²) >= 11 is 0. The summed E-state index contributed by atoms with van der Waals surface area (Å²) in [5.41, 5.74) is 0.716. The van der Waals surface area contributed by atoms with E-state index in [0.29, 0.717) is 31.5 Å². The van der Waals surface area contributed by atoms with Gasteiger partial charge in [0.25, 0.3) is 0 Å². The molecular formula is C23H33FN2O3. The first kappa shape index (κ1) is 20.6. The molecule has 160 valence electrons. The van der Waals surface area contributed by atoms with Crippen molar-refractivity contribution >= 4 is 6.09 Å². The quantitative estimate of drug-likeness (QED) is 0.829. The molecule has 3 unspecified atom stereocenters. The number of ether oxygens (including phenoxy) is 1. The molecule has 29 heavy (non-hydrogen) atoms. The summed E-state index contributed by atoms with van der Waals surface area (Å²) in [5, 5.41) is 11.2. The first-order chi connectivity index (χ1) is 13.9. The summed E-state index contributed by atoms with van der Waals surface area (Å²) in [5.74, 6) is -0.291. The number of hydrogen-bond donors (Lipinski definition) is 1. The normalized spacial score (nSPS) is 29.5. The van der Waals surface area contributed by atoms with Crippen LogP contribution in [0.5, 0.6) is 0 Å². The number of carbonyl (C=O) groups excluding carboxylic acids is 1. The van der Waals surface area contributed by atoms with Crippen LogP contribution in [0.1, 0.15) is 63.0 Å². The molecule has 6 heteroatoms. The standard InChI is InChI=1S/C23H33FN2O3/c1-3-29-22(27)26-18-6-8-19(15-20(26)9-7-18)25-12-10-23(28,11-13-25)21-14-17(24)5-4-16(21)2/h4-5,14,18-20,28H,3,6-13,15H2,1-2H3. The SMILES string of the molecule is CCOC(=O)N1C2CCC(N3CCC(O)(c4cc(F)ccc4C)CC3)CC1CC2. The fourth-order valence-electron chi connectivity index (χ4n) is 5.74. The number of aliphatic hydroxyl groups is 1. The van der Waals surface area contributed by atoms with Crippen molar-refractivity contribution in [3.8, 4) is 0 Å². The van der Waals surface area contributed by atoms with E-state index in [2.05, 4.69) is 4.90 Å². The number of piperidine rings is 1. The molecule has 3 fully saturated rings. The van der Waals surface area contributed by atoms with E-state index in [1.165, 1.54) is 12.1 Å². The lowest BCUT2D eigenvalue weighted by molar-refractivity contribution is -0.0387. The minimum atomic E-state index is -0.955. The molecule has 3 atom stereocenters. The van der Waals surface area contributed by atoms with E-state index in [1.807, 2.05) is 18.7 Å². The highest BCUT2D eigenvalue weighted by Crippen LogP contribution is 2.40. The first-order valence-corrected chi connectivity index (χ1v) is 11.1. The van der Waals surface area contributed by atoms with Crippen molar-refractivity contribution in [3.05, 3.63) is 35.1 Å². The molecule has 3 aliphatic heterocycles. The number of amides is 1. The number of rotatable bonds is 3. The summed E-state index contributed by atoms with van der Waals surface area (Å²) in [4.78, 5) is 16.9. The Labute approximate surface area is 172 Å². The van der Waals surface area contributed by atoms with Crippen LogP contribution in [0.4, 0.5) is 9.18 Å². The maximum atomic E-state index is 13.8. The van der Waals surface area contributed by atoms with Crippen LogP contribution in [0.25, 0.3) is 0 Å². The van der Waals surface area contributed by atoms with Crippen molar-refractivity contribution in [3.63, 3.8) is 0 Å². The van der Waals surface area contributed by atoms with Crippen LogP contribution in [-0.4, -0.2) is 58.8 Å². The molecule has 3 aliphatic rings. The van der Waals surface area contributed by atoms with E-state index in [9.17, 15) is 14.3 Å². The fourth-order valence-corrected chi connectivity index (χ4v) is 5.74. The van der Waals surface area contributed by atoms with Crippen molar-refractivity contribution < 1.29 is 19.0 Å². The van der Waals surface area contributed by atoms with Crippen molar-refractivity contribution in [1.29, 1.82) is 0 Å². The summed E-state index contributed by atoms with van der Waals surface area (Å²) in [6.07, 6.45) is 6.28. The van der Waals surface area contributed by atoms with Crippen LogP contribution < -0.4 is 0 Å². The largest absolute Gasteiger partial charge is 0.450 e. The Morgan fingerprint density at radius 2 is 1.83 bits per heavy atom. The lowest BCUT2D eigenvalue weighted by Crippen LogP contribution is -2.48. The van der Waals surface area contributed by atoms with Gasteiger partial charge in [-0.25, -0.2) is 9.18 Å². The molecule has 1 aromatic rings. The molecule has 0 spiro atoms. The van der Waals surface area contributed by atoms with Crippen LogP contribution in [-0.2, 0) is 10.3 Å². The van der Waals surface area contributed by atoms with Gasteiger partial charge in [0.1, 0.15) is 5.82 Å². The van der Waals surface area contributed by atoms with Crippen LogP contribution in [0.3, 0.4) is 0 Å². The maximum absolute atomic E-state index is 13.8. The monoisotopic (exact) mass is 404 g/mol. The number of benzene rings is 1. The number of halogens is 1. The molecule has 2 bridgehead atoms. The molecule has 1 amide bonds. The molecule has 1 N–H and O–H groups in total. The van der Waals surface area contributed by atoms with Crippen LogP contribution in [0, 0.1) is 12.7 Å². The molecule has 0 aromatic heterocycles. The van der Waals surface area contributed by atoms with E-state index < -0.39 is 5.60 Å². The number of likely N-dealkylation sites (tertiary alicyclic amines) is 1. The van der Waals surface area contributed by atoms with Crippen LogP contribution in [0.15, 0.2) is 18.2 Å². The Bertz CT molecular complexity index is 748. The molecule has 0 radical (unpaired) electrons. The van der Waals surface area contributed by atoms with Gasteiger partial charge in [0.15, 0.2) is 0 Å². The van der Waals surface area contributed by atoms with Crippen LogP contribution >= 0.6 is 0 Å². The highest BCUT2D eigenvalue weighted by Gasteiger charge is 2.44. The zero-order valence-corrected chi connectivity index (χ0v) is 17.6. The number of carbonyl (C=O) groups is 1. The van der Waals surface area contributed by atoms with Gasteiger partial charge in [0.2, 0.25) is 0 Å². The molecule has 3 saturated heterocycles. The average molecular weight is 405 g/mol. The second-order valence-electron chi connectivity index (χ2n) is 8.98. The van der Waals surface area contributed by atoms with E-state index >= 15 is 0 Å². The minimum absolute atomic E-state index is 0.157. The van der Waals surface area contributed by atoms with E-state index in [1.54, 1.807) is 6.07 Å². The predicted molar refractivity (Wildman–Crippen MR) is 109 cm³/mol. The number of fused-ring (bicyclic) bond motifs is 2. The van der Waals surface area contributed by atoms with Crippen LogP contribution in [0.2, 0.25) is 0 Å². The lowest BCUT2D eigenvalue weighted by Gasteiger charge is -2.43. The molecular weight excluding hydrogens is 371 g/mol. The molecule has 0 aliphatic carbocycles. The molecule has 5 nitrogen and oxygen atoms in total. The van der Waals surface area contributed by atoms with Crippen molar-refractivity contribution in [2.75, 3.05) is 19.7 Å². The third-order valence-electron chi connectivity index (χ3n) is 7.32. The summed E-state index contributed by atoms with van der Waals surface area (Å²) in [6.45, 7) is 5.81. The Hall–Kier alpha value is -1.66. The second-order valence-corrected chi connectivity index (χ2v) is 8.98. The summed E-state index contributed by atoms with van der Waals surface area (Å²) in [7, 11) is 0. The van der Waals surface area contributed by atoms with Gasteiger partial charge in [0.05, 0.1) is 12.2 Å². The highest BCUT2D eigenvalue weighted by atomic mass is 19.1. The van der Waals surface area contributed by atoms with Gasteiger partial charge in [-0.3, -0.25) is 0 Å². The Morgan fingerprint density at radius 1 is 1.17 bits per heavy atom. The summed E-state index contributed by atoms with van der Waals surface area (Å²) < 4.78 is 19.1. The van der Waals surface area contributed by atoms with Gasteiger partial charge in [-0.1, -0.05) is 6.07 Å². The topological polar surface area (TPSA) is 53.0 Å². The second kappa shape index (κ2) is 8.23. The van der Waals surface area contributed by atoms with Gasteiger partial charge >= 0.3 is 6.09 Å². The number of aryl methyl sites for hydroxylation is 1. The Morgan fingerprint density at radius 3 is 2.52 bits per heavy atom. The number of nitrogens with zero attached hydrogens (tertiary/aromatic N) is 2. The van der Waals surface area contributed by atoms with E-state index in [-0.39, 0.29) is 18.0 Å². The zero-order valence-electron chi connectivity index (χ0n) is 17.6. The van der Waals surface area contributed by atoms with Gasteiger partial charge < -0.3 is 19.6 Å². The van der Waals surface area contributed by atoms with Crippen molar-refractivity contribution in [2.24, 2.45) is 0 Å². The predicted octanol–water partition coefficient (Wildman–Crippen LogP) is 3.96. The minimum Gasteiger partial charge on any atom is -0.450 e. The van der Waals surface area contributed by atoms with Gasteiger partial charge in [0, 0.05) is 31.2 Å². The van der Waals surface area contributed by atoms with E-state index in [0.717, 1.165) is 56.3 Å². The van der Waals surface area contributed by atoms with Gasteiger partial charge in [-0.15, -0.1) is 0 Å². The van der Waals surface area contributed by atoms with E-state index in [4.69, 9.17) is 4.74 Å². The Kier molecular flexibility index (Phi) is 5.85. The maximum Gasteiger partial charge on any atom is 0.410 e. The molecule has 4 rings (SSSR count). The average Bonchev–Trinajstić information content (AvgIpc) is 2.99. The third-order valence-corrected chi connectivity index (χ3v) is 7.32. The lowest BCUT2D eigenvalue weighted by atomic mass is 9.81.